The zero-order valence-electron chi connectivity index (χ0n) is 12.6. The van der Waals surface area contributed by atoms with Gasteiger partial charge in [-0.1, -0.05) is 37.9 Å². The van der Waals surface area contributed by atoms with Crippen LogP contribution in [0.5, 0.6) is 0 Å². The molecule has 1 aromatic carbocycles. The Morgan fingerprint density at radius 1 is 1.38 bits per heavy atom. The average Bonchev–Trinajstić information content (AvgIpc) is 2.51. The highest BCUT2D eigenvalue weighted by Gasteiger charge is 2.43. The first-order valence-corrected chi connectivity index (χ1v) is 9.77. The Kier molecular flexibility index (Phi) is 5.12. The predicted molar refractivity (Wildman–Crippen MR) is 96.5 cm³/mol. The van der Waals surface area contributed by atoms with Gasteiger partial charge in [0.25, 0.3) is 15.7 Å². The van der Waals surface area contributed by atoms with Crippen molar-refractivity contribution in [3.8, 4) is 0 Å². The SMILES string of the molecule is CC1=C/C(=N\S(=O)(=O)c2cccc([N+](=O)[O-])c2)C(C)(Br)C(Br)C1=O. The fourth-order valence-electron chi connectivity index (χ4n) is 2.05. The van der Waals surface area contributed by atoms with Crippen LogP contribution in [0.4, 0.5) is 5.69 Å². The Morgan fingerprint density at radius 2 is 2.00 bits per heavy atom. The van der Waals surface area contributed by atoms with E-state index in [1.54, 1.807) is 13.8 Å². The van der Waals surface area contributed by atoms with Crippen molar-refractivity contribution < 1.29 is 18.1 Å². The van der Waals surface area contributed by atoms with Crippen molar-refractivity contribution in [3.05, 3.63) is 46.0 Å². The number of non-ortho nitro benzene ring substituents is 1. The highest BCUT2D eigenvalue weighted by Crippen LogP contribution is 2.37. The van der Waals surface area contributed by atoms with Gasteiger partial charge in [0.2, 0.25) is 0 Å². The molecule has 24 heavy (non-hydrogen) atoms. The molecule has 1 aliphatic rings. The number of halogens is 2. The van der Waals surface area contributed by atoms with Crippen LogP contribution in [-0.2, 0) is 14.8 Å². The van der Waals surface area contributed by atoms with Gasteiger partial charge in [0.1, 0.15) is 0 Å². The Morgan fingerprint density at radius 3 is 2.58 bits per heavy atom. The third kappa shape index (κ3) is 3.50. The van der Waals surface area contributed by atoms with Crippen LogP contribution in [0.2, 0.25) is 0 Å². The van der Waals surface area contributed by atoms with E-state index in [9.17, 15) is 23.3 Å². The van der Waals surface area contributed by atoms with Crippen molar-refractivity contribution >= 4 is 59.1 Å². The third-order valence-electron chi connectivity index (χ3n) is 3.49. The number of sulfonamides is 1. The standard InChI is InChI=1S/C14H12Br2N2O5S/c1-8-6-11(14(2,16)13(15)12(8)19)17-24(22,23)10-5-3-4-9(7-10)18(20)21/h3-7,13H,1-2H3/b17-11+. The molecule has 0 aliphatic heterocycles. The molecule has 1 aromatic rings. The van der Waals surface area contributed by atoms with E-state index in [2.05, 4.69) is 36.3 Å². The summed E-state index contributed by atoms with van der Waals surface area (Å²) in [6.07, 6.45) is 1.39. The number of benzene rings is 1. The second-order valence-electron chi connectivity index (χ2n) is 5.34. The molecule has 7 nitrogen and oxygen atoms in total. The van der Waals surface area contributed by atoms with Gasteiger partial charge >= 0.3 is 0 Å². The van der Waals surface area contributed by atoms with Crippen molar-refractivity contribution in [3.63, 3.8) is 0 Å². The molecule has 10 heteroatoms. The van der Waals surface area contributed by atoms with Gasteiger partial charge in [-0.15, -0.1) is 0 Å². The van der Waals surface area contributed by atoms with Gasteiger partial charge in [-0.25, -0.2) is 0 Å². The van der Waals surface area contributed by atoms with Crippen molar-refractivity contribution in [2.24, 2.45) is 4.40 Å². The van der Waals surface area contributed by atoms with Gasteiger partial charge in [-0.05, 0) is 31.6 Å². The number of nitro groups is 1. The summed E-state index contributed by atoms with van der Waals surface area (Å²) in [6, 6.07) is 4.64. The molecule has 0 radical (unpaired) electrons. The summed E-state index contributed by atoms with van der Waals surface area (Å²) in [5.41, 5.74) is 0.150. The van der Waals surface area contributed by atoms with Crippen LogP contribution in [0.15, 0.2) is 45.2 Å². The van der Waals surface area contributed by atoms with Gasteiger partial charge in [0.05, 0.1) is 24.7 Å². The van der Waals surface area contributed by atoms with Gasteiger partial charge in [0.15, 0.2) is 5.78 Å². The van der Waals surface area contributed by atoms with Gasteiger partial charge < -0.3 is 0 Å². The van der Waals surface area contributed by atoms with Crippen LogP contribution in [-0.4, -0.2) is 34.0 Å². The first kappa shape index (κ1) is 18.9. The number of hydrogen-bond donors (Lipinski definition) is 0. The summed E-state index contributed by atoms with van der Waals surface area (Å²) in [5, 5.41) is 10.8. The molecule has 2 unspecified atom stereocenters. The molecule has 0 heterocycles. The number of nitrogens with zero attached hydrogens (tertiary/aromatic N) is 2. The van der Waals surface area contributed by atoms with Crippen LogP contribution in [0.25, 0.3) is 0 Å². The molecule has 0 bridgehead atoms. The highest BCUT2D eigenvalue weighted by molar-refractivity contribution is 9.13. The summed E-state index contributed by atoms with van der Waals surface area (Å²) in [5.74, 6) is -0.180. The molecule has 2 atom stereocenters. The number of hydrogen-bond acceptors (Lipinski definition) is 5. The van der Waals surface area contributed by atoms with Crippen LogP contribution in [0.1, 0.15) is 13.8 Å². The Bertz CT molecular complexity index is 890. The van der Waals surface area contributed by atoms with E-state index in [1.807, 2.05) is 0 Å². The quantitative estimate of drug-likeness (QED) is 0.376. The van der Waals surface area contributed by atoms with Gasteiger partial charge in [-0.2, -0.15) is 12.8 Å². The van der Waals surface area contributed by atoms with Gasteiger partial charge in [-0.3, -0.25) is 14.9 Å². The van der Waals surface area contributed by atoms with Crippen molar-refractivity contribution in [1.82, 2.24) is 0 Å². The minimum Gasteiger partial charge on any atom is -0.293 e. The second-order valence-corrected chi connectivity index (χ2v) is 9.50. The Labute approximate surface area is 155 Å². The van der Waals surface area contributed by atoms with E-state index in [1.165, 1.54) is 24.3 Å². The lowest BCUT2D eigenvalue weighted by Gasteiger charge is -2.31. The number of carbonyl (C=O) groups is 1. The van der Waals surface area contributed by atoms with E-state index in [0.29, 0.717) is 5.57 Å². The maximum absolute atomic E-state index is 12.5. The zero-order chi connectivity index (χ0) is 18.3. The minimum atomic E-state index is -4.17. The smallest absolute Gasteiger partial charge is 0.282 e. The molecular weight excluding hydrogens is 468 g/mol. The van der Waals surface area contributed by atoms with E-state index in [-0.39, 0.29) is 22.1 Å². The Balaban J connectivity index is 2.58. The maximum atomic E-state index is 12.5. The van der Waals surface area contributed by atoms with Crippen molar-refractivity contribution in [1.29, 1.82) is 0 Å². The molecule has 2 rings (SSSR count). The first-order valence-electron chi connectivity index (χ1n) is 6.62. The van der Waals surface area contributed by atoms with Crippen LogP contribution < -0.4 is 0 Å². The molecular formula is C14H12Br2N2O5S. The lowest BCUT2D eigenvalue weighted by Crippen LogP contribution is -2.45. The van der Waals surface area contributed by atoms with E-state index in [4.69, 9.17) is 0 Å². The Hall–Kier alpha value is -1.39. The van der Waals surface area contributed by atoms with Crippen LogP contribution in [0, 0.1) is 10.1 Å². The van der Waals surface area contributed by atoms with Crippen molar-refractivity contribution in [2.75, 3.05) is 0 Å². The molecule has 0 spiro atoms. The first-order chi connectivity index (χ1) is 11.0. The molecule has 1 aliphatic carbocycles. The summed E-state index contributed by atoms with van der Waals surface area (Å²) < 4.78 is 27.8. The maximum Gasteiger partial charge on any atom is 0.282 e. The van der Waals surface area contributed by atoms with Crippen LogP contribution >= 0.6 is 31.9 Å². The lowest BCUT2D eigenvalue weighted by atomic mass is 9.89. The molecule has 0 saturated heterocycles. The molecule has 0 amide bonds. The van der Waals surface area contributed by atoms with E-state index < -0.39 is 24.1 Å². The molecule has 0 fully saturated rings. The second kappa shape index (κ2) is 6.49. The summed E-state index contributed by atoms with van der Waals surface area (Å²) >= 11 is 6.59. The monoisotopic (exact) mass is 478 g/mol. The number of alkyl halides is 2. The summed E-state index contributed by atoms with van der Waals surface area (Å²) in [7, 11) is -4.17. The summed E-state index contributed by atoms with van der Waals surface area (Å²) in [4.78, 5) is 21.2. The largest absolute Gasteiger partial charge is 0.293 e. The lowest BCUT2D eigenvalue weighted by molar-refractivity contribution is -0.385. The minimum absolute atomic E-state index is 0.132. The number of ketones is 1. The van der Waals surface area contributed by atoms with E-state index in [0.717, 1.165) is 6.07 Å². The predicted octanol–water partition coefficient (Wildman–Crippen LogP) is 3.17. The highest BCUT2D eigenvalue weighted by atomic mass is 79.9. The van der Waals surface area contributed by atoms with Gasteiger partial charge in [0, 0.05) is 12.1 Å². The molecule has 128 valence electrons. The molecule has 0 aromatic heterocycles. The number of Topliss-reactive ketones (excluding diaryl/α,β-unsaturated/α-hetero) is 1. The van der Waals surface area contributed by atoms with Crippen LogP contribution in [0.3, 0.4) is 0 Å². The average molecular weight is 480 g/mol. The zero-order valence-corrected chi connectivity index (χ0v) is 16.6. The summed E-state index contributed by atoms with van der Waals surface area (Å²) in [6.45, 7) is 3.18. The molecule has 0 saturated carbocycles. The normalized spacial score (nSPS) is 26.3. The fourth-order valence-corrected chi connectivity index (χ4v) is 4.30. The fraction of sp³-hybridized carbons (Fsp3) is 0.286. The number of rotatable bonds is 3. The number of allylic oxidation sites excluding steroid dienone is 2. The van der Waals surface area contributed by atoms with E-state index >= 15 is 0 Å². The third-order valence-corrected chi connectivity index (χ3v) is 7.59. The number of carbonyl (C=O) groups excluding carboxylic acids is 1. The topological polar surface area (TPSA) is 107 Å². The molecule has 0 N–H and O–H groups in total. The van der Waals surface area contributed by atoms with Crippen molar-refractivity contribution in [2.45, 2.75) is 27.9 Å². The number of nitro benzene ring substituents is 1.